The van der Waals surface area contributed by atoms with Crippen LogP contribution >= 0.6 is 0 Å². The molecule has 2 unspecified atom stereocenters. The quantitative estimate of drug-likeness (QED) is 0.450. The second-order valence-electron chi connectivity index (χ2n) is 9.93. The van der Waals surface area contributed by atoms with E-state index in [0.29, 0.717) is 26.1 Å². The summed E-state index contributed by atoms with van der Waals surface area (Å²) in [5, 5.41) is 0. The minimum atomic E-state index is -3.50. The fourth-order valence-electron chi connectivity index (χ4n) is 6.23. The van der Waals surface area contributed by atoms with E-state index in [1.54, 1.807) is 0 Å². The highest BCUT2D eigenvalue weighted by Gasteiger charge is 2.66. The molecule has 176 valence electrons. The van der Waals surface area contributed by atoms with E-state index in [0.717, 1.165) is 32.1 Å². The second-order valence-corrected chi connectivity index (χ2v) is 10.8. The van der Waals surface area contributed by atoms with Crippen molar-refractivity contribution in [3.8, 4) is 0 Å². The summed E-state index contributed by atoms with van der Waals surface area (Å²) < 4.78 is 71.2. The third-order valence-electron chi connectivity index (χ3n) is 7.49. The van der Waals surface area contributed by atoms with E-state index in [9.17, 15) is 17.8 Å². The van der Waals surface area contributed by atoms with Crippen LogP contribution in [0.25, 0.3) is 0 Å². The molecule has 4 bridgehead atoms. The molecule has 6 rings (SSSR count). The van der Waals surface area contributed by atoms with Gasteiger partial charge in [0.15, 0.2) is 5.79 Å². The van der Waals surface area contributed by atoms with Crippen LogP contribution in [0, 0.1) is 23.2 Å². The first kappa shape index (κ1) is 22.1. The molecule has 11 heteroatoms. The Bertz CT molecular complexity index is 718. The topological polar surface area (TPSA) is 89.5 Å². The molecule has 31 heavy (non-hydrogen) atoms. The standard InChI is InChI=1S/C20H28F2O8S/c1-17(21,22)16(23)25-2-3-26-19-6-13-4-14(7-19)20(15(5-13)8-19)27-9-18(10-28-20)11-29-31(24)30-12-18/h13-15H,2-12H2,1H3. The number of hydrogen-bond acceptors (Lipinski definition) is 8. The van der Waals surface area contributed by atoms with Crippen molar-refractivity contribution in [3.05, 3.63) is 0 Å². The van der Waals surface area contributed by atoms with Crippen molar-refractivity contribution in [3.63, 3.8) is 0 Å². The average Bonchev–Trinajstić information content (AvgIpc) is 2.72. The number of rotatable bonds is 5. The highest BCUT2D eigenvalue weighted by Crippen LogP contribution is 2.63. The molecule has 2 heterocycles. The first-order valence-electron chi connectivity index (χ1n) is 10.8. The second kappa shape index (κ2) is 7.66. The Morgan fingerprint density at radius 3 is 2.23 bits per heavy atom. The van der Waals surface area contributed by atoms with Crippen LogP contribution in [0.5, 0.6) is 0 Å². The third-order valence-corrected chi connectivity index (χ3v) is 8.11. The van der Waals surface area contributed by atoms with Crippen molar-refractivity contribution < 1.29 is 45.1 Å². The van der Waals surface area contributed by atoms with Crippen LogP contribution in [-0.4, -0.2) is 67.1 Å². The smallest absolute Gasteiger partial charge is 0.376 e. The van der Waals surface area contributed by atoms with E-state index in [1.165, 1.54) is 0 Å². The zero-order chi connectivity index (χ0) is 21.9. The summed E-state index contributed by atoms with van der Waals surface area (Å²) in [6, 6.07) is 0. The molecule has 2 atom stereocenters. The van der Waals surface area contributed by atoms with E-state index in [2.05, 4.69) is 4.74 Å². The molecule has 4 aliphatic carbocycles. The summed E-state index contributed by atoms with van der Waals surface area (Å²) in [6.07, 6.45) is 4.46. The number of ether oxygens (including phenoxy) is 4. The van der Waals surface area contributed by atoms with Gasteiger partial charge in [-0.15, -0.1) is 0 Å². The highest BCUT2D eigenvalue weighted by atomic mass is 32.2. The Hall–Kier alpha value is -0.720. The fourth-order valence-corrected chi connectivity index (χ4v) is 6.99. The van der Waals surface area contributed by atoms with Gasteiger partial charge in [-0.05, 0) is 38.0 Å². The van der Waals surface area contributed by atoms with Crippen LogP contribution in [0.15, 0.2) is 0 Å². The van der Waals surface area contributed by atoms with Crippen molar-refractivity contribution >= 4 is 17.3 Å². The van der Waals surface area contributed by atoms with E-state index >= 15 is 0 Å². The molecule has 0 N–H and O–H groups in total. The van der Waals surface area contributed by atoms with Crippen LogP contribution in [0.3, 0.4) is 0 Å². The first-order chi connectivity index (χ1) is 14.6. The lowest BCUT2D eigenvalue weighted by molar-refractivity contribution is -0.399. The predicted molar refractivity (Wildman–Crippen MR) is 101 cm³/mol. The fraction of sp³-hybridized carbons (Fsp3) is 0.950. The zero-order valence-corrected chi connectivity index (χ0v) is 18.3. The number of hydrogen-bond donors (Lipinski definition) is 0. The van der Waals surface area contributed by atoms with Crippen molar-refractivity contribution in [2.75, 3.05) is 39.6 Å². The van der Waals surface area contributed by atoms with Crippen LogP contribution in [0.2, 0.25) is 0 Å². The largest absolute Gasteiger partial charge is 0.459 e. The van der Waals surface area contributed by atoms with Gasteiger partial charge in [-0.3, -0.25) is 8.37 Å². The number of carbonyl (C=O) groups excluding carboxylic acids is 1. The molecule has 0 radical (unpaired) electrons. The Kier molecular flexibility index (Phi) is 5.46. The van der Waals surface area contributed by atoms with Gasteiger partial charge in [0.1, 0.15) is 6.61 Å². The maximum Gasteiger partial charge on any atom is 0.376 e. The van der Waals surface area contributed by atoms with E-state index in [-0.39, 0.29) is 43.9 Å². The lowest BCUT2D eigenvalue weighted by Crippen LogP contribution is -2.69. The Balaban J connectivity index is 1.19. The van der Waals surface area contributed by atoms with Gasteiger partial charge in [-0.2, -0.15) is 13.0 Å². The van der Waals surface area contributed by atoms with Crippen LogP contribution in [0.4, 0.5) is 8.78 Å². The van der Waals surface area contributed by atoms with E-state index in [1.807, 2.05) is 0 Å². The molecule has 0 aromatic carbocycles. The maximum atomic E-state index is 12.9. The van der Waals surface area contributed by atoms with Crippen molar-refractivity contribution in [1.82, 2.24) is 0 Å². The van der Waals surface area contributed by atoms with E-state index in [4.69, 9.17) is 22.6 Å². The van der Waals surface area contributed by atoms with E-state index < -0.39 is 34.5 Å². The molecule has 8 nitrogen and oxygen atoms in total. The predicted octanol–water partition coefficient (Wildman–Crippen LogP) is 2.14. The average molecular weight is 466 g/mol. The zero-order valence-electron chi connectivity index (χ0n) is 17.4. The SMILES string of the molecule is CC(F)(F)C(=O)OCCOC12CC3CC(C1)C1(OCC4(COS(=O)OC4)CO1)C(C3)C2. The van der Waals surface area contributed by atoms with Gasteiger partial charge in [0.05, 0.1) is 44.1 Å². The van der Waals surface area contributed by atoms with Gasteiger partial charge in [0.25, 0.3) is 0 Å². The molecule has 2 spiro atoms. The molecule has 0 aromatic heterocycles. The van der Waals surface area contributed by atoms with Crippen LogP contribution in [-0.2, 0) is 43.5 Å². The summed E-state index contributed by atoms with van der Waals surface area (Å²) >= 11 is -1.70. The minimum absolute atomic E-state index is 0.0949. The Labute approximate surface area is 182 Å². The van der Waals surface area contributed by atoms with Crippen molar-refractivity contribution in [2.45, 2.75) is 56.3 Å². The number of halogens is 2. The molecule has 2 aliphatic heterocycles. The molecule has 0 amide bonds. The molecule has 6 fully saturated rings. The van der Waals surface area contributed by atoms with Gasteiger partial charge in [-0.25, -0.2) is 4.79 Å². The first-order valence-corrected chi connectivity index (χ1v) is 11.8. The molecular weight excluding hydrogens is 438 g/mol. The molecule has 4 saturated carbocycles. The molecule has 6 aliphatic rings. The lowest BCUT2D eigenvalue weighted by atomic mass is 9.51. The molecule has 0 aromatic rings. The maximum absolute atomic E-state index is 12.9. The Morgan fingerprint density at radius 2 is 1.65 bits per heavy atom. The van der Waals surface area contributed by atoms with Gasteiger partial charge >= 0.3 is 23.3 Å². The molecular formula is C20H28F2O8S. The minimum Gasteiger partial charge on any atom is -0.459 e. The summed E-state index contributed by atoms with van der Waals surface area (Å²) in [5.74, 6) is -4.81. The Morgan fingerprint density at radius 1 is 1.03 bits per heavy atom. The number of carbonyl (C=O) groups is 1. The summed E-state index contributed by atoms with van der Waals surface area (Å²) in [4.78, 5) is 11.2. The lowest BCUT2D eigenvalue weighted by Gasteiger charge is -2.65. The van der Waals surface area contributed by atoms with Gasteiger partial charge in [0.2, 0.25) is 0 Å². The monoisotopic (exact) mass is 466 g/mol. The van der Waals surface area contributed by atoms with Crippen molar-refractivity contribution in [1.29, 1.82) is 0 Å². The summed E-state index contributed by atoms with van der Waals surface area (Å²) in [5.41, 5.74) is -0.786. The van der Waals surface area contributed by atoms with Crippen LogP contribution < -0.4 is 0 Å². The third kappa shape index (κ3) is 3.95. The van der Waals surface area contributed by atoms with Crippen LogP contribution in [0.1, 0.15) is 39.0 Å². The highest BCUT2D eigenvalue weighted by molar-refractivity contribution is 7.75. The summed E-state index contributed by atoms with van der Waals surface area (Å²) in [7, 11) is 0. The van der Waals surface area contributed by atoms with Gasteiger partial charge in [0, 0.05) is 18.8 Å². The normalized spacial score (nSPS) is 46.5. The molecule has 2 saturated heterocycles. The number of esters is 1. The van der Waals surface area contributed by atoms with Gasteiger partial charge < -0.3 is 18.9 Å². The summed E-state index contributed by atoms with van der Waals surface area (Å²) in [6.45, 7) is 1.83. The number of alkyl halides is 2. The van der Waals surface area contributed by atoms with Gasteiger partial charge in [-0.1, -0.05) is 0 Å². The van der Waals surface area contributed by atoms with Crippen molar-refractivity contribution in [2.24, 2.45) is 23.2 Å².